The molecule has 0 N–H and O–H groups in total. The largest absolute Gasteiger partial charge is 0.310 e. The van der Waals surface area contributed by atoms with Crippen molar-refractivity contribution in [3.05, 3.63) is 166 Å². The van der Waals surface area contributed by atoms with Crippen molar-refractivity contribution < 1.29 is 0 Å². The summed E-state index contributed by atoms with van der Waals surface area (Å²) in [6, 6.07) is 51.9. The summed E-state index contributed by atoms with van der Waals surface area (Å²) in [6.45, 7) is 0. The Morgan fingerprint density at radius 3 is 1.10 bits per heavy atom. The summed E-state index contributed by atoms with van der Waals surface area (Å²) >= 11 is 7.18. The lowest BCUT2D eigenvalue weighted by Crippen LogP contribution is -2.10. The fourth-order valence-electron chi connectivity index (χ4n) is 5.69. The van der Waals surface area contributed by atoms with E-state index in [4.69, 9.17) is 0 Å². The summed E-state index contributed by atoms with van der Waals surface area (Å²) in [4.78, 5) is 4.65. The highest BCUT2D eigenvalue weighted by Gasteiger charge is 2.23. The van der Waals surface area contributed by atoms with E-state index in [9.17, 15) is 0 Å². The van der Waals surface area contributed by atoms with Gasteiger partial charge in [-0.15, -0.1) is 0 Å². The molecule has 0 bridgehead atoms. The van der Waals surface area contributed by atoms with Gasteiger partial charge in [-0.1, -0.05) is 80.4 Å². The normalized spacial score (nSPS) is 11.6. The number of anilines is 6. The minimum absolute atomic E-state index is 0.901. The van der Waals surface area contributed by atoms with Crippen molar-refractivity contribution in [3.63, 3.8) is 0 Å². The molecular formula is C37H26Br2N2. The van der Waals surface area contributed by atoms with Crippen LogP contribution >= 0.6 is 31.9 Å². The quantitative estimate of drug-likeness (QED) is 0.175. The van der Waals surface area contributed by atoms with E-state index in [1.165, 1.54) is 22.3 Å². The van der Waals surface area contributed by atoms with Crippen molar-refractivity contribution >= 4 is 66.0 Å². The van der Waals surface area contributed by atoms with E-state index in [2.05, 4.69) is 187 Å². The Bertz CT molecular complexity index is 1680. The molecule has 0 saturated carbocycles. The number of fused-ring (bicyclic) bond motifs is 3. The first kappa shape index (κ1) is 25.8. The average molecular weight is 658 g/mol. The highest BCUT2D eigenvalue weighted by atomic mass is 79.9. The topological polar surface area (TPSA) is 6.48 Å². The van der Waals surface area contributed by atoms with Crippen LogP contribution in [0.1, 0.15) is 11.1 Å². The van der Waals surface area contributed by atoms with E-state index in [1.807, 2.05) is 0 Å². The minimum Gasteiger partial charge on any atom is -0.310 e. The number of rotatable bonds is 6. The van der Waals surface area contributed by atoms with Crippen LogP contribution in [0.15, 0.2) is 155 Å². The Morgan fingerprint density at radius 2 is 0.707 bits per heavy atom. The maximum absolute atomic E-state index is 3.59. The summed E-state index contributed by atoms with van der Waals surface area (Å²) in [5, 5.41) is 0. The third-order valence-electron chi connectivity index (χ3n) is 7.56. The van der Waals surface area contributed by atoms with Gasteiger partial charge in [0.15, 0.2) is 0 Å². The van der Waals surface area contributed by atoms with Crippen molar-refractivity contribution in [1.29, 1.82) is 0 Å². The van der Waals surface area contributed by atoms with E-state index < -0.39 is 0 Å². The Balaban J connectivity index is 1.27. The van der Waals surface area contributed by atoms with Gasteiger partial charge in [-0.2, -0.15) is 0 Å². The molecule has 1 aliphatic carbocycles. The van der Waals surface area contributed by atoms with Crippen molar-refractivity contribution in [2.45, 2.75) is 6.42 Å². The molecule has 198 valence electrons. The van der Waals surface area contributed by atoms with Gasteiger partial charge >= 0.3 is 0 Å². The van der Waals surface area contributed by atoms with Crippen LogP contribution in [0.5, 0.6) is 0 Å². The zero-order valence-corrected chi connectivity index (χ0v) is 25.4. The Labute approximate surface area is 257 Å². The molecular weight excluding hydrogens is 632 g/mol. The maximum Gasteiger partial charge on any atom is 0.0464 e. The molecule has 2 nitrogen and oxygen atoms in total. The average Bonchev–Trinajstić information content (AvgIpc) is 3.38. The fraction of sp³-hybridized carbons (Fsp3) is 0.0270. The number of hydrogen-bond donors (Lipinski definition) is 0. The molecule has 7 rings (SSSR count). The summed E-state index contributed by atoms with van der Waals surface area (Å²) in [6.07, 6.45) is 0.901. The van der Waals surface area contributed by atoms with Crippen LogP contribution in [0, 0.1) is 0 Å². The van der Waals surface area contributed by atoms with Crippen LogP contribution < -0.4 is 9.80 Å². The molecule has 1 aliphatic rings. The Hall–Kier alpha value is -4.12. The summed E-state index contributed by atoms with van der Waals surface area (Å²) in [5.74, 6) is 0. The first-order valence-electron chi connectivity index (χ1n) is 13.6. The number of nitrogens with zero attached hydrogens (tertiary/aromatic N) is 2. The number of halogens is 2. The van der Waals surface area contributed by atoms with E-state index in [0.717, 1.165) is 49.5 Å². The second kappa shape index (κ2) is 11.0. The van der Waals surface area contributed by atoms with Gasteiger partial charge in [0.05, 0.1) is 0 Å². The molecule has 0 heterocycles. The molecule has 0 amide bonds. The van der Waals surface area contributed by atoms with Gasteiger partial charge in [-0.25, -0.2) is 0 Å². The predicted octanol–water partition coefficient (Wildman–Crippen LogP) is 11.7. The molecule has 0 aromatic heterocycles. The third-order valence-corrected chi connectivity index (χ3v) is 8.62. The van der Waals surface area contributed by atoms with Gasteiger partial charge in [0.1, 0.15) is 0 Å². The first-order valence-corrected chi connectivity index (χ1v) is 15.2. The molecule has 0 atom stereocenters. The van der Waals surface area contributed by atoms with Crippen LogP contribution in [0.25, 0.3) is 11.1 Å². The van der Waals surface area contributed by atoms with Crippen molar-refractivity contribution in [2.24, 2.45) is 0 Å². The van der Waals surface area contributed by atoms with E-state index in [-0.39, 0.29) is 0 Å². The minimum atomic E-state index is 0.901. The highest BCUT2D eigenvalue weighted by molar-refractivity contribution is 9.10. The van der Waals surface area contributed by atoms with E-state index in [1.54, 1.807) is 0 Å². The first-order chi connectivity index (χ1) is 20.1. The molecule has 0 aliphatic heterocycles. The van der Waals surface area contributed by atoms with Crippen LogP contribution in [-0.2, 0) is 6.42 Å². The van der Waals surface area contributed by atoms with E-state index in [0.29, 0.717) is 0 Å². The summed E-state index contributed by atoms with van der Waals surface area (Å²) in [5.41, 5.74) is 12.2. The van der Waals surface area contributed by atoms with Gasteiger partial charge in [-0.3, -0.25) is 0 Å². The Kier molecular flexibility index (Phi) is 6.95. The standard InChI is InChI=1S/C37H26Br2N2/c38-28-11-15-32(16-12-28)40(30-7-3-1-4-8-30)34-19-21-36-26(24-34)23-27-25-35(20-22-37(27)36)41(31-9-5-2-6-10-31)33-17-13-29(39)14-18-33/h1-22,24-25H,23H2. The van der Waals surface area contributed by atoms with Gasteiger partial charge in [0.2, 0.25) is 0 Å². The van der Waals surface area contributed by atoms with Crippen LogP contribution in [-0.4, -0.2) is 0 Å². The van der Waals surface area contributed by atoms with Crippen LogP contribution in [0.4, 0.5) is 34.1 Å². The lowest BCUT2D eigenvalue weighted by molar-refractivity contribution is 1.22. The second-order valence-electron chi connectivity index (χ2n) is 10.2. The highest BCUT2D eigenvalue weighted by Crippen LogP contribution is 2.44. The molecule has 0 fully saturated rings. The number of para-hydroxylation sites is 2. The van der Waals surface area contributed by atoms with Crippen molar-refractivity contribution in [1.82, 2.24) is 0 Å². The maximum atomic E-state index is 3.59. The zero-order valence-electron chi connectivity index (χ0n) is 22.2. The van der Waals surface area contributed by atoms with Gasteiger partial charge < -0.3 is 9.80 Å². The summed E-state index contributed by atoms with van der Waals surface area (Å²) < 4.78 is 2.14. The molecule has 0 saturated heterocycles. The predicted molar refractivity (Wildman–Crippen MR) is 179 cm³/mol. The Morgan fingerprint density at radius 1 is 0.366 bits per heavy atom. The monoisotopic (exact) mass is 656 g/mol. The fourth-order valence-corrected chi connectivity index (χ4v) is 6.22. The van der Waals surface area contributed by atoms with E-state index >= 15 is 0 Å². The molecule has 41 heavy (non-hydrogen) atoms. The third kappa shape index (κ3) is 5.10. The summed E-state index contributed by atoms with van der Waals surface area (Å²) in [7, 11) is 0. The van der Waals surface area contributed by atoms with Crippen LogP contribution in [0.3, 0.4) is 0 Å². The van der Waals surface area contributed by atoms with Gasteiger partial charge in [-0.05, 0) is 126 Å². The molecule has 6 aromatic carbocycles. The molecule has 0 unspecified atom stereocenters. The molecule has 0 spiro atoms. The molecule has 0 radical (unpaired) electrons. The molecule has 4 heteroatoms. The molecule has 6 aromatic rings. The number of benzene rings is 6. The smallest absolute Gasteiger partial charge is 0.0464 e. The van der Waals surface area contributed by atoms with Crippen molar-refractivity contribution in [3.8, 4) is 11.1 Å². The van der Waals surface area contributed by atoms with Gasteiger partial charge in [0.25, 0.3) is 0 Å². The number of hydrogen-bond acceptors (Lipinski definition) is 2. The second-order valence-corrected chi connectivity index (χ2v) is 12.0. The van der Waals surface area contributed by atoms with Gasteiger partial charge in [0, 0.05) is 43.1 Å². The zero-order chi connectivity index (χ0) is 27.8. The lowest BCUT2D eigenvalue weighted by Gasteiger charge is -2.26. The van der Waals surface area contributed by atoms with Crippen molar-refractivity contribution in [2.75, 3.05) is 9.80 Å². The lowest BCUT2D eigenvalue weighted by atomic mass is 10.0. The van der Waals surface area contributed by atoms with Crippen LogP contribution in [0.2, 0.25) is 0 Å². The SMILES string of the molecule is Brc1ccc(N(c2ccccc2)c2ccc3c(c2)Cc2cc(N(c4ccccc4)c4ccc(Br)cc4)ccc2-3)cc1.